The SMILES string of the molecule is CCN1CC(C)C(NS(=O)(=O)c2c(C)nn(C(C)C)c2C)C1. The van der Waals surface area contributed by atoms with E-state index in [1.807, 2.05) is 20.8 Å². The lowest BCUT2D eigenvalue weighted by molar-refractivity contribution is 0.344. The molecular formula is C15H28N4O2S. The Morgan fingerprint density at radius 1 is 1.32 bits per heavy atom. The molecule has 0 amide bonds. The summed E-state index contributed by atoms with van der Waals surface area (Å²) in [5, 5.41) is 4.39. The molecule has 1 aliphatic rings. The minimum Gasteiger partial charge on any atom is -0.302 e. The smallest absolute Gasteiger partial charge is 0.244 e. The molecule has 1 aromatic heterocycles. The highest BCUT2D eigenvalue weighted by Crippen LogP contribution is 2.24. The lowest BCUT2D eigenvalue weighted by atomic mass is 10.1. The summed E-state index contributed by atoms with van der Waals surface area (Å²) in [6.07, 6.45) is 0. The predicted molar refractivity (Wildman–Crippen MR) is 87.5 cm³/mol. The van der Waals surface area contributed by atoms with Crippen LogP contribution in [0.3, 0.4) is 0 Å². The van der Waals surface area contributed by atoms with Crippen LogP contribution in [0.4, 0.5) is 0 Å². The Hall–Kier alpha value is -0.920. The maximum atomic E-state index is 12.8. The summed E-state index contributed by atoms with van der Waals surface area (Å²) in [5.74, 6) is 0.315. The van der Waals surface area contributed by atoms with Gasteiger partial charge in [0, 0.05) is 25.2 Å². The van der Waals surface area contributed by atoms with Crippen LogP contribution in [-0.4, -0.2) is 48.8 Å². The number of nitrogens with one attached hydrogen (secondary N) is 1. The van der Waals surface area contributed by atoms with E-state index in [2.05, 4.69) is 28.6 Å². The second-order valence-electron chi connectivity index (χ2n) is 6.60. The number of aryl methyl sites for hydroxylation is 1. The van der Waals surface area contributed by atoms with Crippen molar-refractivity contribution in [3.05, 3.63) is 11.4 Å². The van der Waals surface area contributed by atoms with Crippen LogP contribution < -0.4 is 4.72 Å². The summed E-state index contributed by atoms with van der Waals surface area (Å²) in [6.45, 7) is 14.4. The molecule has 0 spiro atoms. The van der Waals surface area contributed by atoms with Crippen LogP contribution in [0.1, 0.15) is 45.1 Å². The standard InChI is InChI=1S/C15H28N4O2S/c1-7-18-8-11(4)14(9-18)17-22(20,21)15-12(5)16-19(10(2)3)13(15)6/h10-11,14,17H,7-9H2,1-6H3. The monoisotopic (exact) mass is 328 g/mol. The summed E-state index contributed by atoms with van der Waals surface area (Å²) in [6, 6.07) is 0.106. The van der Waals surface area contributed by atoms with Crippen molar-refractivity contribution in [1.82, 2.24) is 19.4 Å². The Balaban J connectivity index is 2.28. The topological polar surface area (TPSA) is 67.2 Å². The van der Waals surface area contributed by atoms with Gasteiger partial charge < -0.3 is 4.90 Å². The molecular weight excluding hydrogens is 300 g/mol. The first-order valence-corrected chi connectivity index (χ1v) is 9.46. The number of hydrogen-bond donors (Lipinski definition) is 1. The third-order valence-electron chi connectivity index (χ3n) is 4.46. The van der Waals surface area contributed by atoms with Crippen LogP contribution >= 0.6 is 0 Å². The van der Waals surface area contributed by atoms with Gasteiger partial charge in [0.15, 0.2) is 0 Å². The molecule has 7 heteroatoms. The number of sulfonamides is 1. The predicted octanol–water partition coefficient (Wildman–Crippen LogP) is 1.70. The van der Waals surface area contributed by atoms with Gasteiger partial charge in [0.1, 0.15) is 4.90 Å². The minimum absolute atomic E-state index is 0.0360. The maximum absolute atomic E-state index is 12.8. The summed E-state index contributed by atoms with van der Waals surface area (Å²) in [7, 11) is -3.54. The second-order valence-corrected chi connectivity index (χ2v) is 8.25. The Bertz CT molecular complexity index is 636. The number of likely N-dealkylation sites (N-methyl/N-ethyl adjacent to an activating group) is 1. The van der Waals surface area contributed by atoms with E-state index in [-0.39, 0.29) is 12.1 Å². The van der Waals surface area contributed by atoms with E-state index < -0.39 is 10.0 Å². The van der Waals surface area contributed by atoms with Crippen LogP contribution in [0.5, 0.6) is 0 Å². The Kier molecular flexibility index (Phi) is 4.99. The van der Waals surface area contributed by atoms with Crippen LogP contribution in [0.25, 0.3) is 0 Å². The first-order chi connectivity index (χ1) is 10.2. The first-order valence-electron chi connectivity index (χ1n) is 7.97. The third-order valence-corrected chi connectivity index (χ3v) is 6.20. The largest absolute Gasteiger partial charge is 0.302 e. The van der Waals surface area contributed by atoms with E-state index in [0.29, 0.717) is 22.2 Å². The normalized spacial score (nSPS) is 23.6. The maximum Gasteiger partial charge on any atom is 0.244 e. The Morgan fingerprint density at radius 3 is 2.41 bits per heavy atom. The van der Waals surface area contributed by atoms with Gasteiger partial charge in [0.25, 0.3) is 0 Å². The third kappa shape index (κ3) is 3.21. The molecule has 6 nitrogen and oxygen atoms in total. The average molecular weight is 328 g/mol. The molecule has 0 aromatic carbocycles. The van der Waals surface area contributed by atoms with Crippen LogP contribution in [0.2, 0.25) is 0 Å². The number of likely N-dealkylation sites (tertiary alicyclic amines) is 1. The van der Waals surface area contributed by atoms with Gasteiger partial charge in [0.2, 0.25) is 10.0 Å². The highest BCUT2D eigenvalue weighted by Gasteiger charge is 2.34. The van der Waals surface area contributed by atoms with Gasteiger partial charge in [-0.2, -0.15) is 5.10 Å². The van der Waals surface area contributed by atoms with E-state index in [1.54, 1.807) is 11.6 Å². The molecule has 1 fully saturated rings. The van der Waals surface area contributed by atoms with Crippen molar-refractivity contribution in [2.24, 2.45) is 5.92 Å². The first kappa shape index (κ1) is 17.4. The molecule has 1 aliphatic heterocycles. The molecule has 126 valence electrons. The molecule has 1 saturated heterocycles. The molecule has 0 aliphatic carbocycles. The summed E-state index contributed by atoms with van der Waals surface area (Å²) in [4.78, 5) is 2.61. The van der Waals surface area contributed by atoms with E-state index in [1.165, 1.54) is 0 Å². The Morgan fingerprint density at radius 2 is 1.95 bits per heavy atom. The fourth-order valence-electron chi connectivity index (χ4n) is 3.28. The van der Waals surface area contributed by atoms with Gasteiger partial charge in [-0.25, -0.2) is 13.1 Å². The van der Waals surface area contributed by atoms with Gasteiger partial charge >= 0.3 is 0 Å². The zero-order valence-electron chi connectivity index (χ0n) is 14.4. The van der Waals surface area contributed by atoms with Crippen molar-refractivity contribution < 1.29 is 8.42 Å². The molecule has 1 N–H and O–H groups in total. The van der Waals surface area contributed by atoms with Gasteiger partial charge in [-0.05, 0) is 40.2 Å². The molecule has 2 heterocycles. The average Bonchev–Trinajstić information content (AvgIpc) is 2.90. The highest BCUT2D eigenvalue weighted by molar-refractivity contribution is 7.89. The highest BCUT2D eigenvalue weighted by atomic mass is 32.2. The lowest BCUT2D eigenvalue weighted by Gasteiger charge is -2.17. The second kappa shape index (κ2) is 6.29. The molecule has 2 unspecified atom stereocenters. The van der Waals surface area contributed by atoms with Gasteiger partial charge in [0.05, 0.1) is 11.4 Å². The van der Waals surface area contributed by atoms with Crippen LogP contribution in [-0.2, 0) is 10.0 Å². The Labute approximate surface area is 133 Å². The number of aromatic nitrogens is 2. The van der Waals surface area contributed by atoms with E-state index in [0.717, 1.165) is 19.6 Å². The molecule has 2 rings (SSSR count). The molecule has 2 atom stereocenters. The summed E-state index contributed by atoms with van der Waals surface area (Å²) in [5.41, 5.74) is 1.27. The minimum atomic E-state index is -3.54. The fraction of sp³-hybridized carbons (Fsp3) is 0.800. The van der Waals surface area contributed by atoms with E-state index in [9.17, 15) is 8.42 Å². The zero-order chi connectivity index (χ0) is 16.7. The zero-order valence-corrected chi connectivity index (χ0v) is 15.2. The fourth-order valence-corrected chi connectivity index (χ4v) is 5.01. The van der Waals surface area contributed by atoms with Gasteiger partial charge in [-0.15, -0.1) is 0 Å². The van der Waals surface area contributed by atoms with Gasteiger partial charge in [-0.3, -0.25) is 4.68 Å². The summed E-state index contributed by atoms with van der Waals surface area (Å²) >= 11 is 0. The van der Waals surface area contributed by atoms with Crippen molar-refractivity contribution in [2.75, 3.05) is 19.6 Å². The van der Waals surface area contributed by atoms with Crippen molar-refractivity contribution in [3.8, 4) is 0 Å². The molecule has 0 saturated carbocycles. The van der Waals surface area contributed by atoms with Gasteiger partial charge in [-0.1, -0.05) is 13.8 Å². The molecule has 0 bridgehead atoms. The van der Waals surface area contributed by atoms with E-state index >= 15 is 0 Å². The number of nitrogens with zero attached hydrogens (tertiary/aromatic N) is 3. The van der Waals surface area contributed by atoms with Crippen molar-refractivity contribution in [3.63, 3.8) is 0 Å². The van der Waals surface area contributed by atoms with E-state index in [4.69, 9.17) is 0 Å². The van der Waals surface area contributed by atoms with Crippen molar-refractivity contribution in [2.45, 2.75) is 58.5 Å². The molecule has 1 aromatic rings. The van der Waals surface area contributed by atoms with Crippen molar-refractivity contribution >= 4 is 10.0 Å². The quantitative estimate of drug-likeness (QED) is 0.893. The van der Waals surface area contributed by atoms with Crippen LogP contribution in [0.15, 0.2) is 4.90 Å². The number of rotatable bonds is 5. The lowest BCUT2D eigenvalue weighted by Crippen LogP contribution is -2.40. The molecule has 0 radical (unpaired) electrons. The van der Waals surface area contributed by atoms with Crippen molar-refractivity contribution in [1.29, 1.82) is 0 Å². The summed E-state index contributed by atoms with van der Waals surface area (Å²) < 4.78 is 30.3. The van der Waals surface area contributed by atoms with Crippen LogP contribution in [0, 0.1) is 19.8 Å². The molecule has 22 heavy (non-hydrogen) atoms. The number of hydrogen-bond acceptors (Lipinski definition) is 4.